The number of aryl methyl sites for hydroxylation is 1. The Labute approximate surface area is 137 Å². The number of hydrogen-bond donors (Lipinski definition) is 0. The van der Waals surface area contributed by atoms with Crippen LogP contribution in [0.4, 0.5) is 0 Å². The summed E-state index contributed by atoms with van der Waals surface area (Å²) in [5.41, 5.74) is 1.10. The predicted molar refractivity (Wildman–Crippen MR) is 89.4 cm³/mol. The van der Waals surface area contributed by atoms with Crippen molar-refractivity contribution in [3.8, 4) is 11.4 Å². The van der Waals surface area contributed by atoms with Crippen LogP contribution in [0.1, 0.15) is 24.2 Å². The highest BCUT2D eigenvalue weighted by molar-refractivity contribution is 7.16. The molecule has 23 heavy (non-hydrogen) atoms. The van der Waals surface area contributed by atoms with E-state index in [0.29, 0.717) is 6.54 Å². The molecule has 0 aliphatic carbocycles. The van der Waals surface area contributed by atoms with Gasteiger partial charge in [-0.15, -0.1) is 10.2 Å². The van der Waals surface area contributed by atoms with Crippen LogP contribution in [0.15, 0.2) is 42.7 Å². The standard InChI is InChI=1S/C16H16N6S/c1-2-6-13-18-19-16-22(13)20-14(23-16)11-21-10-9-17-15(21)12-7-4-3-5-8-12/h3-5,7-10H,2,6,11H2,1H3. The van der Waals surface area contributed by atoms with Gasteiger partial charge in [0.1, 0.15) is 10.8 Å². The molecule has 0 unspecified atom stereocenters. The summed E-state index contributed by atoms with van der Waals surface area (Å²) in [5.74, 6) is 1.88. The summed E-state index contributed by atoms with van der Waals surface area (Å²) in [5, 5.41) is 14.1. The van der Waals surface area contributed by atoms with Crippen LogP contribution in [-0.2, 0) is 13.0 Å². The summed E-state index contributed by atoms with van der Waals surface area (Å²) < 4.78 is 3.98. The Kier molecular flexibility index (Phi) is 3.63. The maximum absolute atomic E-state index is 4.66. The minimum Gasteiger partial charge on any atom is -0.324 e. The second-order valence-electron chi connectivity index (χ2n) is 5.30. The van der Waals surface area contributed by atoms with Crippen molar-refractivity contribution in [1.82, 2.24) is 29.4 Å². The quantitative estimate of drug-likeness (QED) is 0.566. The fourth-order valence-corrected chi connectivity index (χ4v) is 3.42. The van der Waals surface area contributed by atoms with Crippen LogP contribution in [-0.4, -0.2) is 29.4 Å². The van der Waals surface area contributed by atoms with E-state index in [2.05, 4.69) is 43.9 Å². The molecule has 0 fully saturated rings. The van der Waals surface area contributed by atoms with Crippen molar-refractivity contribution in [2.24, 2.45) is 0 Å². The fourth-order valence-electron chi connectivity index (χ4n) is 2.57. The van der Waals surface area contributed by atoms with Gasteiger partial charge in [-0.3, -0.25) is 0 Å². The Bertz CT molecular complexity index is 921. The third kappa shape index (κ3) is 2.63. The Morgan fingerprint density at radius 2 is 2.00 bits per heavy atom. The molecule has 0 saturated carbocycles. The molecule has 0 N–H and O–H groups in total. The zero-order valence-electron chi connectivity index (χ0n) is 12.8. The zero-order chi connectivity index (χ0) is 15.6. The SMILES string of the molecule is CCCc1nnc2sc(Cn3ccnc3-c3ccccc3)nn12. The minimum atomic E-state index is 0.684. The van der Waals surface area contributed by atoms with Crippen molar-refractivity contribution in [2.45, 2.75) is 26.3 Å². The summed E-state index contributed by atoms with van der Waals surface area (Å²) in [6.07, 6.45) is 5.74. The average Bonchev–Trinajstić information content (AvgIpc) is 3.27. The normalized spacial score (nSPS) is 11.3. The molecule has 0 radical (unpaired) electrons. The first kappa shape index (κ1) is 14.1. The largest absolute Gasteiger partial charge is 0.324 e. The smallest absolute Gasteiger partial charge is 0.234 e. The van der Waals surface area contributed by atoms with Gasteiger partial charge < -0.3 is 4.57 Å². The van der Waals surface area contributed by atoms with E-state index in [-0.39, 0.29) is 0 Å². The van der Waals surface area contributed by atoms with Gasteiger partial charge in [0.15, 0.2) is 5.82 Å². The number of hydrogen-bond acceptors (Lipinski definition) is 5. The van der Waals surface area contributed by atoms with E-state index in [0.717, 1.165) is 40.0 Å². The molecule has 4 aromatic rings. The van der Waals surface area contributed by atoms with Gasteiger partial charge in [0.2, 0.25) is 4.96 Å². The van der Waals surface area contributed by atoms with Crippen LogP contribution in [0.2, 0.25) is 0 Å². The highest BCUT2D eigenvalue weighted by Crippen LogP contribution is 2.20. The summed E-state index contributed by atoms with van der Waals surface area (Å²) in [6.45, 7) is 2.82. The first-order chi connectivity index (χ1) is 11.3. The van der Waals surface area contributed by atoms with Gasteiger partial charge in [-0.05, 0) is 6.42 Å². The summed E-state index contributed by atoms with van der Waals surface area (Å²) in [6, 6.07) is 10.2. The number of benzene rings is 1. The van der Waals surface area contributed by atoms with E-state index in [1.165, 1.54) is 0 Å². The van der Waals surface area contributed by atoms with Gasteiger partial charge in [0, 0.05) is 24.4 Å². The van der Waals surface area contributed by atoms with E-state index >= 15 is 0 Å². The maximum Gasteiger partial charge on any atom is 0.234 e. The highest BCUT2D eigenvalue weighted by Gasteiger charge is 2.13. The molecule has 0 bridgehead atoms. The van der Waals surface area contributed by atoms with Crippen molar-refractivity contribution < 1.29 is 0 Å². The molecule has 7 heteroatoms. The molecular weight excluding hydrogens is 308 g/mol. The van der Waals surface area contributed by atoms with Crippen molar-refractivity contribution in [2.75, 3.05) is 0 Å². The van der Waals surface area contributed by atoms with Gasteiger partial charge in [0.25, 0.3) is 0 Å². The van der Waals surface area contributed by atoms with Gasteiger partial charge in [-0.2, -0.15) is 9.61 Å². The van der Waals surface area contributed by atoms with E-state index in [1.54, 1.807) is 11.3 Å². The Morgan fingerprint density at radius 1 is 1.13 bits per heavy atom. The molecule has 0 saturated heterocycles. The van der Waals surface area contributed by atoms with Crippen molar-refractivity contribution in [1.29, 1.82) is 0 Å². The Hall–Kier alpha value is -2.54. The fraction of sp³-hybridized carbons (Fsp3) is 0.250. The van der Waals surface area contributed by atoms with Gasteiger partial charge >= 0.3 is 0 Å². The molecule has 0 atom stereocenters. The molecule has 0 spiro atoms. The first-order valence-corrected chi connectivity index (χ1v) is 8.43. The lowest BCUT2D eigenvalue weighted by atomic mass is 10.2. The molecule has 0 aliphatic rings. The van der Waals surface area contributed by atoms with E-state index < -0.39 is 0 Å². The third-order valence-electron chi connectivity index (χ3n) is 3.62. The average molecular weight is 324 g/mol. The van der Waals surface area contributed by atoms with Crippen molar-refractivity contribution in [3.63, 3.8) is 0 Å². The van der Waals surface area contributed by atoms with Gasteiger partial charge in [0.05, 0.1) is 6.54 Å². The molecule has 3 aromatic heterocycles. The number of nitrogens with zero attached hydrogens (tertiary/aromatic N) is 6. The molecule has 1 aromatic carbocycles. The second-order valence-corrected chi connectivity index (χ2v) is 6.34. The lowest BCUT2D eigenvalue weighted by Gasteiger charge is -2.05. The molecule has 3 heterocycles. The van der Waals surface area contributed by atoms with Crippen molar-refractivity contribution in [3.05, 3.63) is 53.6 Å². The van der Waals surface area contributed by atoms with Gasteiger partial charge in [-0.25, -0.2) is 4.98 Å². The molecule has 6 nitrogen and oxygen atoms in total. The highest BCUT2D eigenvalue weighted by atomic mass is 32.1. The minimum absolute atomic E-state index is 0.684. The molecule has 116 valence electrons. The van der Waals surface area contributed by atoms with Crippen LogP contribution >= 0.6 is 11.3 Å². The van der Waals surface area contributed by atoms with Crippen LogP contribution < -0.4 is 0 Å². The first-order valence-electron chi connectivity index (χ1n) is 7.61. The number of aromatic nitrogens is 6. The molecule has 0 aliphatic heterocycles. The van der Waals surface area contributed by atoms with Crippen LogP contribution in [0.5, 0.6) is 0 Å². The van der Waals surface area contributed by atoms with Gasteiger partial charge in [-0.1, -0.05) is 48.6 Å². The van der Waals surface area contributed by atoms with E-state index in [9.17, 15) is 0 Å². The van der Waals surface area contributed by atoms with Crippen molar-refractivity contribution >= 4 is 16.3 Å². The number of fused-ring (bicyclic) bond motifs is 1. The second kappa shape index (κ2) is 5.92. The molecular formula is C16H16N6S. The molecule has 4 rings (SSSR count). The molecule has 0 amide bonds. The summed E-state index contributed by atoms with van der Waals surface area (Å²) in [7, 11) is 0. The van der Waals surface area contributed by atoms with E-state index in [4.69, 9.17) is 0 Å². The monoisotopic (exact) mass is 324 g/mol. The lowest BCUT2D eigenvalue weighted by molar-refractivity contribution is 0.736. The van der Waals surface area contributed by atoms with Crippen LogP contribution in [0.3, 0.4) is 0 Å². The number of imidazole rings is 1. The summed E-state index contributed by atoms with van der Waals surface area (Å²) >= 11 is 1.58. The Balaban J connectivity index is 1.65. The Morgan fingerprint density at radius 3 is 2.83 bits per heavy atom. The predicted octanol–water partition coefficient (Wildman–Crippen LogP) is 3.05. The topological polar surface area (TPSA) is 60.9 Å². The van der Waals surface area contributed by atoms with Crippen LogP contribution in [0, 0.1) is 0 Å². The van der Waals surface area contributed by atoms with E-state index in [1.807, 2.05) is 35.1 Å². The lowest BCUT2D eigenvalue weighted by Crippen LogP contribution is -2.02. The third-order valence-corrected chi connectivity index (χ3v) is 4.51. The summed E-state index contributed by atoms with van der Waals surface area (Å²) in [4.78, 5) is 5.33. The maximum atomic E-state index is 4.66. The van der Waals surface area contributed by atoms with Crippen LogP contribution in [0.25, 0.3) is 16.3 Å². The zero-order valence-corrected chi connectivity index (χ0v) is 13.6. The number of rotatable bonds is 5.